The van der Waals surface area contributed by atoms with Crippen molar-refractivity contribution in [2.75, 3.05) is 19.6 Å². The van der Waals surface area contributed by atoms with Gasteiger partial charge in [0.05, 0.1) is 12.6 Å². The van der Waals surface area contributed by atoms with Gasteiger partial charge in [-0.1, -0.05) is 0 Å². The summed E-state index contributed by atoms with van der Waals surface area (Å²) in [6.07, 6.45) is 2.99. The molecule has 1 fully saturated rings. The van der Waals surface area contributed by atoms with Crippen LogP contribution in [0.1, 0.15) is 19.3 Å². The minimum absolute atomic E-state index is 0.0646. The van der Waals surface area contributed by atoms with Gasteiger partial charge in [-0.2, -0.15) is 0 Å². The Hall–Kier alpha value is -0.770. The van der Waals surface area contributed by atoms with E-state index >= 15 is 0 Å². The molecule has 0 saturated heterocycles. The first-order valence-corrected chi connectivity index (χ1v) is 5.05. The number of nitrogens with zero attached hydrogens (tertiary/aromatic N) is 1. The maximum Gasteiger partial charge on any atom is 0.191 e. The summed E-state index contributed by atoms with van der Waals surface area (Å²) in [5.41, 5.74) is 0. The van der Waals surface area contributed by atoms with Crippen LogP contribution in [-0.2, 0) is 0 Å². The van der Waals surface area contributed by atoms with Crippen molar-refractivity contribution in [2.45, 2.75) is 25.4 Å². The maximum absolute atomic E-state index is 9.32. The predicted molar refractivity (Wildman–Crippen MR) is 51.7 cm³/mol. The minimum atomic E-state index is -0.0646. The molecular formula is C9H17N3O. The zero-order valence-corrected chi connectivity index (χ0v) is 7.79. The third-order valence-corrected chi connectivity index (χ3v) is 2.75. The Bertz CT molecular complexity index is 205. The van der Waals surface area contributed by atoms with E-state index in [1.165, 1.54) is 0 Å². The molecule has 74 valence electrons. The van der Waals surface area contributed by atoms with Crippen LogP contribution in [-0.4, -0.2) is 36.8 Å². The predicted octanol–water partition coefficient (Wildman–Crippen LogP) is -0.304. The second-order valence-electron chi connectivity index (χ2n) is 3.87. The van der Waals surface area contributed by atoms with E-state index < -0.39 is 0 Å². The van der Waals surface area contributed by atoms with E-state index in [0.29, 0.717) is 5.92 Å². The molecule has 13 heavy (non-hydrogen) atoms. The van der Waals surface area contributed by atoms with E-state index in [0.717, 1.165) is 44.9 Å². The Kier molecular flexibility index (Phi) is 2.68. The van der Waals surface area contributed by atoms with E-state index in [2.05, 4.69) is 15.6 Å². The summed E-state index contributed by atoms with van der Waals surface area (Å²) in [5.74, 6) is 1.56. The molecule has 1 aliphatic heterocycles. The number of nitrogens with one attached hydrogen (secondary N) is 2. The summed E-state index contributed by atoms with van der Waals surface area (Å²) in [4.78, 5) is 4.25. The summed E-state index contributed by atoms with van der Waals surface area (Å²) < 4.78 is 0. The highest BCUT2D eigenvalue weighted by atomic mass is 16.3. The molecule has 2 rings (SSSR count). The van der Waals surface area contributed by atoms with Crippen molar-refractivity contribution in [3.8, 4) is 0 Å². The fourth-order valence-electron chi connectivity index (χ4n) is 1.99. The average Bonchev–Trinajstić information content (AvgIpc) is 2.71. The number of hydrogen-bond donors (Lipinski definition) is 3. The minimum Gasteiger partial charge on any atom is -0.393 e. The lowest BCUT2D eigenvalue weighted by Gasteiger charge is -2.11. The number of hydrogen-bond acceptors (Lipinski definition) is 4. The lowest BCUT2D eigenvalue weighted by atomic mass is 10.1. The first-order chi connectivity index (χ1) is 6.34. The molecular weight excluding hydrogens is 166 g/mol. The summed E-state index contributed by atoms with van der Waals surface area (Å²) in [6, 6.07) is 0. The molecule has 1 saturated carbocycles. The fourth-order valence-corrected chi connectivity index (χ4v) is 1.99. The van der Waals surface area contributed by atoms with E-state index in [1.807, 2.05) is 0 Å². The van der Waals surface area contributed by atoms with Crippen molar-refractivity contribution in [1.29, 1.82) is 0 Å². The van der Waals surface area contributed by atoms with Crippen molar-refractivity contribution < 1.29 is 5.11 Å². The number of aliphatic imine (C=N–C) groups is 1. The number of guanidine groups is 1. The molecule has 4 nitrogen and oxygen atoms in total. The highest BCUT2D eigenvalue weighted by Gasteiger charge is 2.22. The highest BCUT2D eigenvalue weighted by Crippen LogP contribution is 2.24. The standard InChI is InChI=1S/C9H17N3O/c13-8-2-1-7(5-8)6-12-9-10-3-4-11-9/h7-8,13H,1-6H2,(H2,10,11,12). The van der Waals surface area contributed by atoms with Crippen LogP contribution in [0.4, 0.5) is 0 Å². The van der Waals surface area contributed by atoms with E-state index in [9.17, 15) is 5.11 Å². The van der Waals surface area contributed by atoms with Gasteiger partial charge in [0, 0.05) is 13.1 Å². The van der Waals surface area contributed by atoms with Crippen LogP contribution in [0, 0.1) is 5.92 Å². The molecule has 0 bridgehead atoms. The van der Waals surface area contributed by atoms with Crippen LogP contribution in [0.15, 0.2) is 4.99 Å². The first kappa shape index (κ1) is 8.81. The van der Waals surface area contributed by atoms with E-state index in [1.54, 1.807) is 0 Å². The van der Waals surface area contributed by atoms with Gasteiger partial charge in [0.2, 0.25) is 0 Å². The Morgan fingerprint density at radius 1 is 1.54 bits per heavy atom. The van der Waals surface area contributed by atoms with Gasteiger partial charge in [-0.15, -0.1) is 0 Å². The molecule has 0 spiro atoms. The second kappa shape index (κ2) is 3.96. The van der Waals surface area contributed by atoms with Gasteiger partial charge >= 0.3 is 0 Å². The van der Waals surface area contributed by atoms with Crippen LogP contribution >= 0.6 is 0 Å². The van der Waals surface area contributed by atoms with Crippen LogP contribution in [0.5, 0.6) is 0 Å². The monoisotopic (exact) mass is 183 g/mol. The molecule has 0 radical (unpaired) electrons. The molecule has 0 amide bonds. The second-order valence-corrected chi connectivity index (χ2v) is 3.87. The Balaban J connectivity index is 1.67. The highest BCUT2D eigenvalue weighted by molar-refractivity contribution is 5.81. The van der Waals surface area contributed by atoms with Gasteiger partial charge in [-0.3, -0.25) is 4.99 Å². The van der Waals surface area contributed by atoms with Crippen molar-refractivity contribution in [3.63, 3.8) is 0 Å². The van der Waals surface area contributed by atoms with Crippen molar-refractivity contribution in [3.05, 3.63) is 0 Å². The number of aliphatic hydroxyl groups excluding tert-OH is 1. The fraction of sp³-hybridized carbons (Fsp3) is 0.889. The molecule has 0 aromatic heterocycles. The largest absolute Gasteiger partial charge is 0.393 e. The smallest absolute Gasteiger partial charge is 0.191 e. The molecule has 2 aliphatic rings. The number of aliphatic hydroxyl groups is 1. The third-order valence-electron chi connectivity index (χ3n) is 2.75. The lowest BCUT2D eigenvalue weighted by Crippen LogP contribution is -2.36. The molecule has 0 aromatic carbocycles. The molecule has 0 aromatic rings. The normalized spacial score (nSPS) is 32.8. The van der Waals surface area contributed by atoms with Crippen molar-refractivity contribution in [1.82, 2.24) is 10.6 Å². The molecule has 1 heterocycles. The zero-order valence-electron chi connectivity index (χ0n) is 7.79. The van der Waals surface area contributed by atoms with Gasteiger partial charge in [-0.25, -0.2) is 0 Å². The van der Waals surface area contributed by atoms with Gasteiger partial charge in [0.25, 0.3) is 0 Å². The summed E-state index contributed by atoms with van der Waals surface area (Å²) in [7, 11) is 0. The summed E-state index contributed by atoms with van der Waals surface area (Å²) in [5, 5.41) is 15.8. The number of rotatable bonds is 2. The van der Waals surface area contributed by atoms with Gasteiger partial charge in [0.15, 0.2) is 5.96 Å². The van der Waals surface area contributed by atoms with Crippen molar-refractivity contribution >= 4 is 5.96 Å². The van der Waals surface area contributed by atoms with Crippen molar-refractivity contribution in [2.24, 2.45) is 10.9 Å². The Labute approximate surface area is 78.4 Å². The van der Waals surface area contributed by atoms with Crippen LogP contribution in [0.2, 0.25) is 0 Å². The molecule has 1 aliphatic carbocycles. The third kappa shape index (κ3) is 2.34. The van der Waals surface area contributed by atoms with Crippen LogP contribution < -0.4 is 10.6 Å². The SMILES string of the molecule is OC1CCC(CNC2=NCCN2)C1. The first-order valence-electron chi connectivity index (χ1n) is 5.05. The van der Waals surface area contributed by atoms with E-state index in [4.69, 9.17) is 0 Å². The topological polar surface area (TPSA) is 56.6 Å². The van der Waals surface area contributed by atoms with Gasteiger partial charge < -0.3 is 15.7 Å². The van der Waals surface area contributed by atoms with Gasteiger partial charge in [-0.05, 0) is 25.2 Å². The molecule has 2 unspecified atom stereocenters. The van der Waals surface area contributed by atoms with Crippen LogP contribution in [0.25, 0.3) is 0 Å². The Morgan fingerprint density at radius 2 is 2.46 bits per heavy atom. The summed E-state index contributed by atoms with van der Waals surface area (Å²) in [6.45, 7) is 2.79. The van der Waals surface area contributed by atoms with Gasteiger partial charge in [0.1, 0.15) is 0 Å². The lowest BCUT2D eigenvalue weighted by molar-refractivity contribution is 0.178. The average molecular weight is 183 g/mol. The van der Waals surface area contributed by atoms with E-state index in [-0.39, 0.29) is 6.10 Å². The zero-order chi connectivity index (χ0) is 9.10. The maximum atomic E-state index is 9.32. The molecule has 3 N–H and O–H groups in total. The van der Waals surface area contributed by atoms with Crippen LogP contribution in [0.3, 0.4) is 0 Å². The molecule has 2 atom stereocenters. The summed E-state index contributed by atoms with van der Waals surface area (Å²) >= 11 is 0. The quantitative estimate of drug-likeness (QED) is 0.551. The molecule has 4 heteroatoms. The Morgan fingerprint density at radius 3 is 3.08 bits per heavy atom.